The van der Waals surface area contributed by atoms with Gasteiger partial charge in [-0.05, 0) is 19.8 Å². The summed E-state index contributed by atoms with van der Waals surface area (Å²) in [5.41, 5.74) is 0. The maximum Gasteiger partial charge on any atom is 0.221 e. The number of carbonyl (C=O) groups is 1. The summed E-state index contributed by atoms with van der Waals surface area (Å²) in [6.07, 6.45) is 4.71. The second-order valence-electron chi connectivity index (χ2n) is 3.57. The van der Waals surface area contributed by atoms with Crippen molar-refractivity contribution < 1.29 is 4.79 Å². The molecule has 0 aromatic heterocycles. The molecule has 2 N–H and O–H groups in total. The summed E-state index contributed by atoms with van der Waals surface area (Å²) in [6, 6.07) is 0.762. The van der Waals surface area contributed by atoms with Crippen LogP contribution in [0.15, 0.2) is 12.7 Å². The predicted molar refractivity (Wildman–Crippen MR) is 53.4 cm³/mol. The summed E-state index contributed by atoms with van der Waals surface area (Å²) >= 11 is 0. The standard InChI is InChI=1S/C10H18N2O/c1-3-8(2)11-7-6-10(13)12-9-4-5-9/h3,8-9,11H,1,4-7H2,2H3,(H,12,13). The normalized spacial score (nSPS) is 17.9. The summed E-state index contributed by atoms with van der Waals surface area (Å²) in [5.74, 6) is 0.159. The van der Waals surface area contributed by atoms with Gasteiger partial charge in [0.05, 0.1) is 0 Å². The van der Waals surface area contributed by atoms with Crippen LogP contribution in [0.2, 0.25) is 0 Å². The van der Waals surface area contributed by atoms with Crippen LogP contribution in [0.4, 0.5) is 0 Å². The van der Waals surface area contributed by atoms with E-state index in [1.807, 2.05) is 13.0 Å². The van der Waals surface area contributed by atoms with Crippen molar-refractivity contribution in [3.8, 4) is 0 Å². The maximum absolute atomic E-state index is 11.2. The average molecular weight is 182 g/mol. The van der Waals surface area contributed by atoms with Crippen LogP contribution < -0.4 is 10.6 Å². The molecule has 1 amide bonds. The van der Waals surface area contributed by atoms with Gasteiger partial charge in [0.15, 0.2) is 0 Å². The van der Waals surface area contributed by atoms with E-state index in [0.717, 1.165) is 19.4 Å². The van der Waals surface area contributed by atoms with Crippen LogP contribution in [-0.4, -0.2) is 24.5 Å². The first-order valence-electron chi connectivity index (χ1n) is 4.87. The number of rotatable bonds is 6. The largest absolute Gasteiger partial charge is 0.353 e. The second-order valence-corrected chi connectivity index (χ2v) is 3.57. The van der Waals surface area contributed by atoms with E-state index in [-0.39, 0.29) is 11.9 Å². The Bertz CT molecular complexity index is 187. The van der Waals surface area contributed by atoms with Gasteiger partial charge in [0, 0.05) is 25.0 Å². The summed E-state index contributed by atoms with van der Waals surface area (Å²) in [6.45, 7) is 6.40. The molecule has 3 nitrogen and oxygen atoms in total. The van der Waals surface area contributed by atoms with Crippen molar-refractivity contribution in [2.45, 2.75) is 38.3 Å². The van der Waals surface area contributed by atoms with E-state index in [2.05, 4.69) is 17.2 Å². The van der Waals surface area contributed by atoms with Crippen molar-refractivity contribution in [1.82, 2.24) is 10.6 Å². The van der Waals surface area contributed by atoms with Gasteiger partial charge in [-0.2, -0.15) is 0 Å². The van der Waals surface area contributed by atoms with E-state index in [0.29, 0.717) is 12.5 Å². The Morgan fingerprint density at radius 3 is 2.92 bits per heavy atom. The molecule has 0 radical (unpaired) electrons. The molecule has 13 heavy (non-hydrogen) atoms. The Hall–Kier alpha value is -0.830. The molecule has 0 aromatic carbocycles. The highest BCUT2D eigenvalue weighted by molar-refractivity contribution is 5.76. The summed E-state index contributed by atoms with van der Waals surface area (Å²) < 4.78 is 0. The van der Waals surface area contributed by atoms with Crippen LogP contribution in [0.5, 0.6) is 0 Å². The minimum absolute atomic E-state index is 0.159. The maximum atomic E-state index is 11.2. The van der Waals surface area contributed by atoms with Gasteiger partial charge >= 0.3 is 0 Å². The zero-order valence-corrected chi connectivity index (χ0v) is 8.18. The van der Waals surface area contributed by atoms with E-state index in [1.54, 1.807) is 0 Å². The third-order valence-electron chi connectivity index (χ3n) is 2.11. The van der Waals surface area contributed by atoms with Gasteiger partial charge < -0.3 is 10.6 Å². The van der Waals surface area contributed by atoms with Crippen LogP contribution in [-0.2, 0) is 4.79 Å². The molecule has 1 atom stereocenters. The van der Waals surface area contributed by atoms with Crippen molar-refractivity contribution in [2.75, 3.05) is 6.54 Å². The number of nitrogens with one attached hydrogen (secondary N) is 2. The highest BCUT2D eigenvalue weighted by atomic mass is 16.1. The lowest BCUT2D eigenvalue weighted by atomic mass is 10.3. The van der Waals surface area contributed by atoms with Gasteiger partial charge in [-0.15, -0.1) is 6.58 Å². The molecule has 1 unspecified atom stereocenters. The summed E-state index contributed by atoms with van der Waals surface area (Å²) in [7, 11) is 0. The highest BCUT2D eigenvalue weighted by Crippen LogP contribution is 2.18. The van der Waals surface area contributed by atoms with Crippen LogP contribution >= 0.6 is 0 Å². The molecule has 1 aliphatic rings. The minimum atomic E-state index is 0.159. The fourth-order valence-electron chi connectivity index (χ4n) is 1.02. The SMILES string of the molecule is C=CC(C)NCCC(=O)NC1CC1. The van der Waals surface area contributed by atoms with Crippen molar-refractivity contribution in [2.24, 2.45) is 0 Å². The molecule has 1 fully saturated rings. The second kappa shape index (κ2) is 5.02. The summed E-state index contributed by atoms with van der Waals surface area (Å²) in [5, 5.41) is 6.12. The van der Waals surface area contributed by atoms with Gasteiger partial charge in [-0.25, -0.2) is 0 Å². The van der Waals surface area contributed by atoms with Crippen LogP contribution in [0.3, 0.4) is 0 Å². The number of hydrogen-bond donors (Lipinski definition) is 2. The van der Waals surface area contributed by atoms with Crippen LogP contribution in [0.1, 0.15) is 26.2 Å². The van der Waals surface area contributed by atoms with Crippen LogP contribution in [0.25, 0.3) is 0 Å². The molecule has 0 bridgehead atoms. The molecule has 0 aromatic rings. The third kappa shape index (κ3) is 4.68. The topological polar surface area (TPSA) is 41.1 Å². The molecule has 1 rings (SSSR count). The van der Waals surface area contributed by atoms with Gasteiger partial charge in [0.2, 0.25) is 5.91 Å². The van der Waals surface area contributed by atoms with Gasteiger partial charge in [0.1, 0.15) is 0 Å². The molecule has 0 heterocycles. The molecular formula is C10H18N2O. The first-order chi connectivity index (χ1) is 6.22. The first-order valence-corrected chi connectivity index (χ1v) is 4.87. The van der Waals surface area contributed by atoms with Crippen molar-refractivity contribution in [3.63, 3.8) is 0 Å². The minimum Gasteiger partial charge on any atom is -0.353 e. The Labute approximate surface area is 79.6 Å². The zero-order valence-electron chi connectivity index (χ0n) is 8.18. The van der Waals surface area contributed by atoms with Gasteiger partial charge in [-0.1, -0.05) is 6.08 Å². The summed E-state index contributed by atoms with van der Waals surface area (Å²) in [4.78, 5) is 11.2. The average Bonchev–Trinajstić information content (AvgIpc) is 2.88. The molecule has 3 heteroatoms. The monoisotopic (exact) mass is 182 g/mol. The van der Waals surface area contributed by atoms with Gasteiger partial charge in [-0.3, -0.25) is 4.79 Å². The lowest BCUT2D eigenvalue weighted by Gasteiger charge is -2.08. The lowest BCUT2D eigenvalue weighted by Crippen LogP contribution is -2.31. The van der Waals surface area contributed by atoms with Crippen molar-refractivity contribution in [1.29, 1.82) is 0 Å². The first kappa shape index (κ1) is 10.3. The van der Waals surface area contributed by atoms with E-state index in [4.69, 9.17) is 0 Å². The van der Waals surface area contributed by atoms with Crippen LogP contribution in [0, 0.1) is 0 Å². The molecule has 0 spiro atoms. The number of carbonyl (C=O) groups excluding carboxylic acids is 1. The Morgan fingerprint density at radius 1 is 1.69 bits per heavy atom. The van der Waals surface area contributed by atoms with Crippen molar-refractivity contribution >= 4 is 5.91 Å². The fraction of sp³-hybridized carbons (Fsp3) is 0.700. The Morgan fingerprint density at radius 2 is 2.38 bits per heavy atom. The zero-order chi connectivity index (χ0) is 9.68. The molecule has 1 aliphatic carbocycles. The number of hydrogen-bond acceptors (Lipinski definition) is 2. The van der Waals surface area contributed by atoms with E-state index in [1.165, 1.54) is 0 Å². The molecular weight excluding hydrogens is 164 g/mol. The fourth-order valence-corrected chi connectivity index (χ4v) is 1.02. The molecule has 1 saturated carbocycles. The molecule has 0 saturated heterocycles. The van der Waals surface area contributed by atoms with Gasteiger partial charge in [0.25, 0.3) is 0 Å². The Balaban J connectivity index is 1.97. The predicted octanol–water partition coefficient (Wildman–Crippen LogP) is 0.819. The highest BCUT2D eigenvalue weighted by Gasteiger charge is 2.22. The van der Waals surface area contributed by atoms with E-state index in [9.17, 15) is 4.79 Å². The third-order valence-corrected chi connectivity index (χ3v) is 2.11. The smallest absolute Gasteiger partial charge is 0.221 e. The lowest BCUT2D eigenvalue weighted by molar-refractivity contribution is -0.121. The molecule has 74 valence electrons. The number of amides is 1. The quantitative estimate of drug-likeness (QED) is 0.597. The van der Waals surface area contributed by atoms with E-state index >= 15 is 0 Å². The van der Waals surface area contributed by atoms with E-state index < -0.39 is 0 Å². The Kier molecular flexibility index (Phi) is 3.96. The van der Waals surface area contributed by atoms with Crippen molar-refractivity contribution in [3.05, 3.63) is 12.7 Å². The molecule has 0 aliphatic heterocycles.